The van der Waals surface area contributed by atoms with Gasteiger partial charge >= 0.3 is 0 Å². The Bertz CT molecular complexity index is 295. The maximum atomic E-state index is 12.6. The van der Waals surface area contributed by atoms with Gasteiger partial charge in [0.25, 0.3) is 0 Å². The van der Waals surface area contributed by atoms with Crippen LogP contribution in [0.5, 0.6) is 0 Å². The molecule has 0 amide bonds. The van der Waals surface area contributed by atoms with Crippen molar-refractivity contribution in [1.82, 2.24) is 10.4 Å². The molecule has 0 aliphatic heterocycles. The largest absolute Gasteiger partial charge is 0.271 e. The summed E-state index contributed by atoms with van der Waals surface area (Å²) in [6.07, 6.45) is 4.78. The third kappa shape index (κ3) is 2.27. The van der Waals surface area contributed by atoms with E-state index in [-0.39, 0.29) is 11.9 Å². The summed E-state index contributed by atoms with van der Waals surface area (Å²) in [6, 6.07) is 3.16. The third-order valence-electron chi connectivity index (χ3n) is 2.57. The van der Waals surface area contributed by atoms with Gasteiger partial charge in [0, 0.05) is 0 Å². The Kier molecular flexibility index (Phi) is 2.74. The minimum Gasteiger partial charge on any atom is -0.271 e. The zero-order valence-corrected chi connectivity index (χ0v) is 7.91. The molecule has 0 radical (unpaired) electrons. The number of hydrazine groups is 1. The molecule has 1 aromatic heterocycles. The zero-order valence-electron chi connectivity index (χ0n) is 7.91. The second-order valence-corrected chi connectivity index (χ2v) is 3.80. The third-order valence-corrected chi connectivity index (χ3v) is 2.57. The summed E-state index contributed by atoms with van der Waals surface area (Å²) in [7, 11) is 0. The Morgan fingerprint density at radius 3 is 2.86 bits per heavy atom. The van der Waals surface area contributed by atoms with Gasteiger partial charge in [0.05, 0.1) is 17.9 Å². The van der Waals surface area contributed by atoms with E-state index in [1.807, 2.05) is 0 Å². The Morgan fingerprint density at radius 2 is 2.36 bits per heavy atom. The van der Waals surface area contributed by atoms with Crippen LogP contribution in [0.25, 0.3) is 0 Å². The van der Waals surface area contributed by atoms with E-state index in [1.165, 1.54) is 25.1 Å². The van der Waals surface area contributed by atoms with Crippen LogP contribution in [0.2, 0.25) is 0 Å². The topological polar surface area (TPSA) is 50.9 Å². The molecule has 3 nitrogen and oxygen atoms in total. The van der Waals surface area contributed by atoms with Crippen LogP contribution in [0.1, 0.15) is 31.0 Å². The summed E-state index contributed by atoms with van der Waals surface area (Å²) in [5.41, 5.74) is 3.54. The lowest BCUT2D eigenvalue weighted by Crippen LogP contribution is -2.29. The minimum atomic E-state index is -0.309. The number of nitrogens with one attached hydrogen (secondary N) is 1. The highest BCUT2D eigenvalue weighted by atomic mass is 19.1. The van der Waals surface area contributed by atoms with E-state index in [4.69, 9.17) is 5.84 Å². The molecule has 2 rings (SSSR count). The van der Waals surface area contributed by atoms with Gasteiger partial charge in [-0.15, -0.1) is 0 Å². The monoisotopic (exact) mass is 195 g/mol. The molecular weight excluding hydrogens is 181 g/mol. The molecule has 1 heterocycles. The molecule has 3 N–H and O–H groups in total. The molecule has 0 aromatic carbocycles. The normalized spacial score (nSPS) is 18.1. The van der Waals surface area contributed by atoms with Crippen molar-refractivity contribution in [3.05, 3.63) is 29.8 Å². The number of hydrogen-bond acceptors (Lipinski definition) is 3. The van der Waals surface area contributed by atoms with Gasteiger partial charge in [0.2, 0.25) is 0 Å². The Balaban J connectivity index is 2.05. The number of nitrogens with two attached hydrogens (primary N) is 1. The molecule has 0 spiro atoms. The molecular formula is C10H14FN3. The van der Waals surface area contributed by atoms with Gasteiger partial charge in [0.15, 0.2) is 0 Å². The van der Waals surface area contributed by atoms with E-state index in [2.05, 4.69) is 10.4 Å². The van der Waals surface area contributed by atoms with Gasteiger partial charge in [-0.2, -0.15) is 0 Å². The van der Waals surface area contributed by atoms with Crippen molar-refractivity contribution in [3.8, 4) is 0 Å². The number of hydrogen-bond donors (Lipinski definition) is 2. The Hall–Kier alpha value is -1.00. The smallest absolute Gasteiger partial charge is 0.141 e. The van der Waals surface area contributed by atoms with Crippen LogP contribution in [0, 0.1) is 11.7 Å². The van der Waals surface area contributed by atoms with Crippen LogP contribution < -0.4 is 11.3 Å². The first-order valence-corrected chi connectivity index (χ1v) is 4.87. The molecule has 14 heavy (non-hydrogen) atoms. The molecule has 1 aromatic rings. The van der Waals surface area contributed by atoms with Crippen molar-refractivity contribution < 1.29 is 4.39 Å². The van der Waals surface area contributed by atoms with Crippen LogP contribution in [0.15, 0.2) is 18.3 Å². The SMILES string of the molecule is NNC(CC1CC1)c1ccc(F)cn1. The number of pyridine rings is 1. The van der Waals surface area contributed by atoms with Crippen LogP contribution >= 0.6 is 0 Å². The number of nitrogens with zero attached hydrogens (tertiary/aromatic N) is 1. The summed E-state index contributed by atoms with van der Waals surface area (Å²) in [5.74, 6) is 5.89. The predicted molar refractivity (Wildman–Crippen MR) is 51.6 cm³/mol. The average Bonchev–Trinajstić information content (AvgIpc) is 3.00. The van der Waals surface area contributed by atoms with Gasteiger partial charge in [0.1, 0.15) is 5.82 Å². The summed E-state index contributed by atoms with van der Waals surface area (Å²) < 4.78 is 12.6. The first kappa shape index (κ1) is 9.55. The van der Waals surface area contributed by atoms with Gasteiger partial charge in [-0.05, 0) is 24.5 Å². The number of aromatic nitrogens is 1. The predicted octanol–water partition coefficient (Wildman–Crippen LogP) is 1.53. The Labute approximate surface area is 82.5 Å². The summed E-state index contributed by atoms with van der Waals surface area (Å²) >= 11 is 0. The fourth-order valence-electron chi connectivity index (χ4n) is 1.55. The highest BCUT2D eigenvalue weighted by molar-refractivity contribution is 5.10. The molecule has 1 fully saturated rings. The quantitative estimate of drug-likeness (QED) is 0.565. The standard InChI is InChI=1S/C10H14FN3/c11-8-3-4-9(13-6-8)10(14-12)5-7-1-2-7/h3-4,6-7,10,14H,1-2,5,12H2. The van der Waals surface area contributed by atoms with E-state index in [0.29, 0.717) is 0 Å². The fourth-order valence-corrected chi connectivity index (χ4v) is 1.55. The van der Waals surface area contributed by atoms with E-state index >= 15 is 0 Å². The van der Waals surface area contributed by atoms with Crippen molar-refractivity contribution >= 4 is 0 Å². The average molecular weight is 195 g/mol. The van der Waals surface area contributed by atoms with E-state index < -0.39 is 0 Å². The van der Waals surface area contributed by atoms with Crippen molar-refractivity contribution in [1.29, 1.82) is 0 Å². The summed E-state index contributed by atoms with van der Waals surface area (Å²) in [4.78, 5) is 4.01. The van der Waals surface area contributed by atoms with E-state index in [9.17, 15) is 4.39 Å². The van der Waals surface area contributed by atoms with Gasteiger partial charge in [-0.25, -0.2) is 4.39 Å². The summed E-state index contributed by atoms with van der Waals surface area (Å²) in [5, 5.41) is 0. The summed E-state index contributed by atoms with van der Waals surface area (Å²) in [6.45, 7) is 0. The Morgan fingerprint density at radius 1 is 1.57 bits per heavy atom. The van der Waals surface area contributed by atoms with Crippen molar-refractivity contribution in [2.75, 3.05) is 0 Å². The van der Waals surface area contributed by atoms with Crippen molar-refractivity contribution in [2.24, 2.45) is 11.8 Å². The van der Waals surface area contributed by atoms with Gasteiger partial charge < -0.3 is 0 Å². The fraction of sp³-hybridized carbons (Fsp3) is 0.500. The van der Waals surface area contributed by atoms with Gasteiger partial charge in [-0.1, -0.05) is 12.8 Å². The maximum absolute atomic E-state index is 12.6. The number of rotatable bonds is 4. The van der Waals surface area contributed by atoms with Crippen LogP contribution in [0.4, 0.5) is 4.39 Å². The first-order chi connectivity index (χ1) is 6.79. The molecule has 0 bridgehead atoms. The molecule has 76 valence electrons. The highest BCUT2D eigenvalue weighted by Gasteiger charge is 2.26. The van der Waals surface area contributed by atoms with Crippen LogP contribution in [-0.4, -0.2) is 4.98 Å². The molecule has 1 aliphatic carbocycles. The van der Waals surface area contributed by atoms with Crippen LogP contribution in [0.3, 0.4) is 0 Å². The number of halogens is 1. The molecule has 4 heteroatoms. The molecule has 1 saturated carbocycles. The van der Waals surface area contributed by atoms with Crippen molar-refractivity contribution in [2.45, 2.75) is 25.3 Å². The van der Waals surface area contributed by atoms with Gasteiger partial charge in [-0.3, -0.25) is 16.3 Å². The lowest BCUT2D eigenvalue weighted by atomic mass is 10.1. The van der Waals surface area contributed by atoms with E-state index in [1.54, 1.807) is 6.07 Å². The zero-order chi connectivity index (χ0) is 9.97. The van der Waals surface area contributed by atoms with Crippen LogP contribution in [-0.2, 0) is 0 Å². The molecule has 0 saturated heterocycles. The minimum absolute atomic E-state index is 0.0584. The highest BCUT2D eigenvalue weighted by Crippen LogP contribution is 2.36. The van der Waals surface area contributed by atoms with Crippen molar-refractivity contribution in [3.63, 3.8) is 0 Å². The van der Waals surface area contributed by atoms with E-state index in [0.717, 1.165) is 18.0 Å². The second-order valence-electron chi connectivity index (χ2n) is 3.80. The molecule has 1 unspecified atom stereocenters. The first-order valence-electron chi connectivity index (χ1n) is 4.87. The molecule has 1 aliphatic rings. The lowest BCUT2D eigenvalue weighted by Gasteiger charge is -2.14. The second kappa shape index (κ2) is 4.02. The lowest BCUT2D eigenvalue weighted by molar-refractivity contribution is 0.474. The maximum Gasteiger partial charge on any atom is 0.141 e. The molecule has 1 atom stereocenters.